The molecule has 0 bridgehead atoms. The van der Waals surface area contributed by atoms with E-state index in [0.29, 0.717) is 0 Å². The van der Waals surface area contributed by atoms with Crippen LogP contribution in [0, 0.1) is 6.92 Å². The van der Waals surface area contributed by atoms with Gasteiger partial charge in [-0.15, -0.1) is 0 Å². The molecule has 90 valence electrons. The Labute approximate surface area is 101 Å². The molecule has 0 N–H and O–H groups in total. The van der Waals surface area contributed by atoms with Crippen molar-refractivity contribution in [1.29, 1.82) is 0 Å². The molecule has 0 spiro atoms. The van der Waals surface area contributed by atoms with Crippen molar-refractivity contribution in [1.82, 2.24) is 0 Å². The molecular weight excluding hydrogens is 216 g/mol. The van der Waals surface area contributed by atoms with Crippen LogP contribution < -0.4 is 4.74 Å². The lowest BCUT2D eigenvalue weighted by molar-refractivity contribution is -0.217. The summed E-state index contributed by atoms with van der Waals surface area (Å²) in [6, 6.07) is 6.00. The Morgan fingerprint density at radius 2 is 2.24 bits per heavy atom. The minimum absolute atomic E-state index is 0.184. The van der Waals surface area contributed by atoms with Gasteiger partial charge in [-0.05, 0) is 25.5 Å². The van der Waals surface area contributed by atoms with Gasteiger partial charge >= 0.3 is 5.97 Å². The molecule has 1 aromatic carbocycles. The number of esters is 1. The van der Waals surface area contributed by atoms with E-state index in [2.05, 4.69) is 13.0 Å². The fourth-order valence-electron chi connectivity index (χ4n) is 2.65. The molecule has 1 saturated heterocycles. The first kappa shape index (κ1) is 10.6. The van der Waals surface area contributed by atoms with Gasteiger partial charge in [0.1, 0.15) is 5.75 Å². The Morgan fingerprint density at radius 3 is 2.94 bits per heavy atom. The van der Waals surface area contributed by atoms with Crippen molar-refractivity contribution in [3.8, 4) is 5.75 Å². The van der Waals surface area contributed by atoms with Crippen molar-refractivity contribution >= 4 is 5.97 Å². The third kappa shape index (κ3) is 1.31. The Balaban J connectivity index is 1.95. The third-order valence-corrected chi connectivity index (χ3v) is 3.64. The predicted octanol–water partition coefficient (Wildman–Crippen LogP) is 2.91. The highest BCUT2D eigenvalue weighted by Gasteiger charge is 2.65. The summed E-state index contributed by atoms with van der Waals surface area (Å²) in [6.07, 6.45) is 2.61. The van der Waals surface area contributed by atoms with E-state index in [1.807, 2.05) is 19.1 Å². The molecule has 2 aliphatic rings. The number of hydrogen-bond donors (Lipinski definition) is 0. The highest BCUT2D eigenvalue weighted by Crippen LogP contribution is 2.54. The minimum atomic E-state index is -0.716. The van der Waals surface area contributed by atoms with Crippen LogP contribution in [-0.4, -0.2) is 11.6 Å². The summed E-state index contributed by atoms with van der Waals surface area (Å²) in [4.78, 5) is 11.7. The van der Waals surface area contributed by atoms with E-state index in [-0.39, 0.29) is 12.1 Å². The molecule has 2 aliphatic heterocycles. The maximum absolute atomic E-state index is 11.7. The molecule has 2 heterocycles. The van der Waals surface area contributed by atoms with Gasteiger partial charge in [0.25, 0.3) is 0 Å². The first-order valence-electron chi connectivity index (χ1n) is 6.18. The fraction of sp³-hybridized carbons (Fsp3) is 0.500. The zero-order chi connectivity index (χ0) is 12.0. The number of rotatable bonds is 3. The van der Waals surface area contributed by atoms with Crippen LogP contribution in [0.2, 0.25) is 0 Å². The second-order valence-electron chi connectivity index (χ2n) is 4.92. The molecule has 0 aliphatic carbocycles. The van der Waals surface area contributed by atoms with Crippen molar-refractivity contribution in [3.05, 3.63) is 29.3 Å². The Morgan fingerprint density at radius 1 is 1.41 bits per heavy atom. The molecule has 2 unspecified atom stereocenters. The zero-order valence-electron chi connectivity index (χ0n) is 10.2. The normalized spacial score (nSPS) is 28.8. The van der Waals surface area contributed by atoms with Crippen LogP contribution in [0.3, 0.4) is 0 Å². The minimum Gasteiger partial charge on any atom is -0.471 e. The van der Waals surface area contributed by atoms with E-state index < -0.39 is 5.60 Å². The number of unbranched alkanes of at least 4 members (excludes halogenated alkanes) is 1. The average molecular weight is 232 g/mol. The van der Waals surface area contributed by atoms with Crippen molar-refractivity contribution in [2.75, 3.05) is 0 Å². The summed E-state index contributed by atoms with van der Waals surface area (Å²) in [5, 5.41) is 0. The molecule has 1 aromatic rings. The largest absolute Gasteiger partial charge is 0.471 e. The molecular formula is C14H16O3. The number of benzene rings is 1. The summed E-state index contributed by atoms with van der Waals surface area (Å²) in [6.45, 7) is 4.15. The van der Waals surface area contributed by atoms with Crippen molar-refractivity contribution in [2.45, 2.75) is 44.8 Å². The topological polar surface area (TPSA) is 35.5 Å². The predicted molar refractivity (Wildman–Crippen MR) is 62.9 cm³/mol. The van der Waals surface area contributed by atoms with Crippen LogP contribution in [0.1, 0.15) is 43.4 Å². The highest BCUT2D eigenvalue weighted by molar-refractivity contribution is 5.89. The van der Waals surface area contributed by atoms with Crippen molar-refractivity contribution < 1.29 is 14.3 Å². The first-order chi connectivity index (χ1) is 8.17. The molecule has 2 atom stereocenters. The van der Waals surface area contributed by atoms with Crippen LogP contribution in [0.15, 0.2) is 18.2 Å². The smallest absolute Gasteiger partial charge is 0.355 e. The number of carbonyl (C=O) groups excluding carboxylic acids is 1. The molecule has 3 nitrogen and oxygen atoms in total. The van der Waals surface area contributed by atoms with Crippen LogP contribution >= 0.6 is 0 Å². The first-order valence-corrected chi connectivity index (χ1v) is 6.18. The van der Waals surface area contributed by atoms with E-state index in [9.17, 15) is 4.79 Å². The molecule has 1 fully saturated rings. The van der Waals surface area contributed by atoms with E-state index in [4.69, 9.17) is 9.47 Å². The molecule has 3 heteroatoms. The van der Waals surface area contributed by atoms with Gasteiger partial charge in [-0.3, -0.25) is 0 Å². The zero-order valence-corrected chi connectivity index (χ0v) is 10.2. The maximum atomic E-state index is 11.7. The molecule has 3 rings (SSSR count). The Kier molecular flexibility index (Phi) is 2.18. The standard InChI is InChI=1S/C14H16O3/c1-3-4-7-14-12(16-13(14)15)10-8-9(2)5-6-11(10)17-14/h5-6,8,12H,3-4,7H2,1-2H3. The average Bonchev–Trinajstić information content (AvgIpc) is 2.56. The van der Waals surface area contributed by atoms with Crippen molar-refractivity contribution in [3.63, 3.8) is 0 Å². The summed E-state index contributed by atoms with van der Waals surface area (Å²) >= 11 is 0. The molecule has 0 radical (unpaired) electrons. The second-order valence-corrected chi connectivity index (χ2v) is 4.92. The summed E-state index contributed by atoms with van der Waals surface area (Å²) < 4.78 is 11.2. The lowest BCUT2D eigenvalue weighted by Gasteiger charge is -2.40. The number of hydrogen-bond acceptors (Lipinski definition) is 3. The monoisotopic (exact) mass is 232 g/mol. The van der Waals surface area contributed by atoms with Gasteiger partial charge in [0.05, 0.1) is 0 Å². The Hall–Kier alpha value is -1.51. The molecule has 0 amide bonds. The van der Waals surface area contributed by atoms with E-state index in [0.717, 1.165) is 30.6 Å². The fourth-order valence-corrected chi connectivity index (χ4v) is 2.65. The van der Waals surface area contributed by atoms with Gasteiger partial charge in [-0.2, -0.15) is 0 Å². The van der Waals surface area contributed by atoms with Gasteiger partial charge < -0.3 is 9.47 Å². The van der Waals surface area contributed by atoms with E-state index in [1.54, 1.807) is 0 Å². The summed E-state index contributed by atoms with van der Waals surface area (Å²) in [5.74, 6) is 0.604. The number of carbonyl (C=O) groups is 1. The van der Waals surface area contributed by atoms with Crippen LogP contribution in [-0.2, 0) is 9.53 Å². The maximum Gasteiger partial charge on any atom is 0.355 e. The molecule has 0 aromatic heterocycles. The molecule has 17 heavy (non-hydrogen) atoms. The molecule has 0 saturated carbocycles. The lowest BCUT2D eigenvalue weighted by atomic mass is 9.84. The van der Waals surface area contributed by atoms with Gasteiger partial charge in [0.15, 0.2) is 6.10 Å². The number of fused-ring (bicyclic) bond motifs is 3. The lowest BCUT2D eigenvalue weighted by Crippen LogP contribution is -2.57. The highest BCUT2D eigenvalue weighted by atomic mass is 16.7. The van der Waals surface area contributed by atoms with Crippen LogP contribution in [0.4, 0.5) is 0 Å². The van der Waals surface area contributed by atoms with E-state index >= 15 is 0 Å². The van der Waals surface area contributed by atoms with Gasteiger partial charge in [0, 0.05) is 12.0 Å². The van der Waals surface area contributed by atoms with Crippen LogP contribution in [0.25, 0.3) is 0 Å². The summed E-state index contributed by atoms with van der Waals surface area (Å²) in [5.41, 5.74) is 1.48. The Bertz CT molecular complexity index is 480. The third-order valence-electron chi connectivity index (χ3n) is 3.64. The number of aryl methyl sites for hydroxylation is 1. The van der Waals surface area contributed by atoms with E-state index in [1.165, 1.54) is 5.56 Å². The summed E-state index contributed by atoms with van der Waals surface area (Å²) in [7, 11) is 0. The van der Waals surface area contributed by atoms with Gasteiger partial charge in [-0.25, -0.2) is 4.79 Å². The SMILES string of the molecule is CCCCC12Oc3ccc(C)cc3C1OC2=O. The second kappa shape index (κ2) is 3.49. The van der Waals surface area contributed by atoms with Gasteiger partial charge in [0.2, 0.25) is 5.60 Å². The number of ether oxygens (including phenoxy) is 2. The quantitative estimate of drug-likeness (QED) is 0.752. The van der Waals surface area contributed by atoms with Crippen LogP contribution in [0.5, 0.6) is 5.75 Å². The van der Waals surface area contributed by atoms with Gasteiger partial charge in [-0.1, -0.05) is 25.0 Å². The van der Waals surface area contributed by atoms with Crippen molar-refractivity contribution in [2.24, 2.45) is 0 Å².